The third-order valence-electron chi connectivity index (χ3n) is 3.50. The van der Waals surface area contributed by atoms with Crippen LogP contribution in [0.1, 0.15) is 15.9 Å². The van der Waals surface area contributed by atoms with Crippen molar-refractivity contribution in [1.82, 2.24) is 20.0 Å². The SMILES string of the molecule is O=C1CN(C(=O)c2cnn(Cc3ccccc3Cl)c2)CCN1. The van der Waals surface area contributed by atoms with E-state index in [1.165, 1.54) is 11.1 Å². The minimum absolute atomic E-state index is 0.0918. The summed E-state index contributed by atoms with van der Waals surface area (Å²) in [4.78, 5) is 25.2. The number of carbonyl (C=O) groups is 2. The van der Waals surface area contributed by atoms with Crippen molar-refractivity contribution in [2.75, 3.05) is 19.6 Å². The molecule has 7 heteroatoms. The Morgan fingerprint density at radius 3 is 2.95 bits per heavy atom. The molecule has 6 nitrogen and oxygen atoms in total. The molecular weight excluding hydrogens is 304 g/mol. The summed E-state index contributed by atoms with van der Waals surface area (Å²) < 4.78 is 1.67. The van der Waals surface area contributed by atoms with Crippen LogP contribution in [0, 0.1) is 0 Å². The number of piperazine rings is 1. The third kappa shape index (κ3) is 3.12. The minimum Gasteiger partial charge on any atom is -0.353 e. The van der Waals surface area contributed by atoms with Crippen LogP contribution < -0.4 is 5.32 Å². The number of benzene rings is 1. The Balaban J connectivity index is 1.72. The second kappa shape index (κ2) is 6.19. The van der Waals surface area contributed by atoms with E-state index in [-0.39, 0.29) is 18.4 Å². The Morgan fingerprint density at radius 1 is 1.36 bits per heavy atom. The molecule has 2 amide bonds. The van der Waals surface area contributed by atoms with Crippen LogP contribution in [0.25, 0.3) is 0 Å². The van der Waals surface area contributed by atoms with E-state index >= 15 is 0 Å². The predicted molar refractivity (Wildman–Crippen MR) is 81.7 cm³/mol. The smallest absolute Gasteiger partial charge is 0.257 e. The summed E-state index contributed by atoms with van der Waals surface area (Å²) in [6, 6.07) is 7.51. The molecule has 1 N–H and O–H groups in total. The van der Waals surface area contributed by atoms with E-state index in [9.17, 15) is 9.59 Å². The van der Waals surface area contributed by atoms with Gasteiger partial charge in [-0.1, -0.05) is 29.8 Å². The number of nitrogens with zero attached hydrogens (tertiary/aromatic N) is 3. The monoisotopic (exact) mass is 318 g/mol. The maximum Gasteiger partial charge on any atom is 0.257 e. The van der Waals surface area contributed by atoms with E-state index in [1.54, 1.807) is 10.9 Å². The van der Waals surface area contributed by atoms with Crippen molar-refractivity contribution in [3.63, 3.8) is 0 Å². The predicted octanol–water partition coefficient (Wildman–Crippen LogP) is 1.16. The molecule has 1 aromatic carbocycles. The zero-order valence-electron chi connectivity index (χ0n) is 11.8. The zero-order valence-corrected chi connectivity index (χ0v) is 12.6. The van der Waals surface area contributed by atoms with Crippen molar-refractivity contribution in [1.29, 1.82) is 0 Å². The van der Waals surface area contributed by atoms with Crippen molar-refractivity contribution in [2.24, 2.45) is 0 Å². The maximum atomic E-state index is 12.3. The molecular formula is C15H15ClN4O2. The molecule has 22 heavy (non-hydrogen) atoms. The first-order chi connectivity index (χ1) is 10.6. The largest absolute Gasteiger partial charge is 0.353 e. The van der Waals surface area contributed by atoms with Crippen LogP contribution in [0.15, 0.2) is 36.7 Å². The van der Waals surface area contributed by atoms with Crippen LogP contribution in [0.4, 0.5) is 0 Å². The lowest BCUT2D eigenvalue weighted by molar-refractivity contribution is -0.123. The molecule has 3 rings (SSSR count). The summed E-state index contributed by atoms with van der Waals surface area (Å²) in [5, 5.41) is 7.56. The fourth-order valence-electron chi connectivity index (χ4n) is 2.36. The summed E-state index contributed by atoms with van der Waals surface area (Å²) in [5.41, 5.74) is 1.41. The number of amides is 2. The lowest BCUT2D eigenvalue weighted by atomic mass is 10.2. The van der Waals surface area contributed by atoms with E-state index in [4.69, 9.17) is 11.6 Å². The van der Waals surface area contributed by atoms with Gasteiger partial charge >= 0.3 is 0 Å². The third-order valence-corrected chi connectivity index (χ3v) is 3.86. The molecule has 1 fully saturated rings. The number of carbonyl (C=O) groups excluding carboxylic acids is 2. The topological polar surface area (TPSA) is 67.2 Å². The average Bonchev–Trinajstić information content (AvgIpc) is 2.97. The summed E-state index contributed by atoms with van der Waals surface area (Å²) in [5.74, 6) is -0.316. The first-order valence-corrected chi connectivity index (χ1v) is 7.33. The van der Waals surface area contributed by atoms with E-state index in [2.05, 4.69) is 10.4 Å². The zero-order chi connectivity index (χ0) is 15.5. The Kier molecular flexibility index (Phi) is 4.11. The summed E-state index contributed by atoms with van der Waals surface area (Å²) >= 11 is 6.12. The van der Waals surface area contributed by atoms with Gasteiger partial charge in [0.1, 0.15) is 0 Å². The highest BCUT2D eigenvalue weighted by atomic mass is 35.5. The lowest BCUT2D eigenvalue weighted by Gasteiger charge is -2.26. The quantitative estimate of drug-likeness (QED) is 0.923. The first kappa shape index (κ1) is 14.6. The van der Waals surface area contributed by atoms with Gasteiger partial charge < -0.3 is 10.2 Å². The number of hydrogen-bond donors (Lipinski definition) is 1. The molecule has 0 saturated carbocycles. The molecule has 0 atom stereocenters. The number of halogens is 1. The van der Waals surface area contributed by atoms with E-state index < -0.39 is 0 Å². The Hall–Kier alpha value is -2.34. The van der Waals surface area contributed by atoms with Crippen molar-refractivity contribution in [2.45, 2.75) is 6.54 Å². The van der Waals surface area contributed by atoms with Gasteiger partial charge in [-0.15, -0.1) is 0 Å². The molecule has 1 aliphatic heterocycles. The van der Waals surface area contributed by atoms with Crippen molar-refractivity contribution < 1.29 is 9.59 Å². The molecule has 1 saturated heterocycles. The molecule has 2 heterocycles. The molecule has 2 aromatic rings. The van der Waals surface area contributed by atoms with E-state index in [0.29, 0.717) is 30.2 Å². The van der Waals surface area contributed by atoms with Crippen molar-refractivity contribution >= 4 is 23.4 Å². The van der Waals surface area contributed by atoms with Gasteiger partial charge in [0.15, 0.2) is 0 Å². The number of aromatic nitrogens is 2. The van der Waals surface area contributed by atoms with Gasteiger partial charge in [-0.25, -0.2) is 0 Å². The minimum atomic E-state index is -0.180. The highest BCUT2D eigenvalue weighted by molar-refractivity contribution is 6.31. The molecule has 114 valence electrons. The fraction of sp³-hybridized carbons (Fsp3) is 0.267. The first-order valence-electron chi connectivity index (χ1n) is 6.95. The van der Waals surface area contributed by atoms with Crippen LogP contribution in [-0.2, 0) is 11.3 Å². The molecule has 1 aromatic heterocycles. The van der Waals surface area contributed by atoms with Crippen LogP contribution in [0.2, 0.25) is 5.02 Å². The van der Waals surface area contributed by atoms with Gasteiger partial charge in [-0.2, -0.15) is 5.10 Å². The van der Waals surface area contributed by atoms with Crippen LogP contribution in [-0.4, -0.2) is 46.1 Å². The van der Waals surface area contributed by atoms with Gasteiger partial charge in [0.25, 0.3) is 5.91 Å². The summed E-state index contributed by atoms with van der Waals surface area (Å²) in [7, 11) is 0. The molecule has 0 aliphatic carbocycles. The van der Waals surface area contributed by atoms with Gasteiger partial charge in [0.05, 0.1) is 24.8 Å². The van der Waals surface area contributed by atoms with E-state index in [1.807, 2.05) is 24.3 Å². The van der Waals surface area contributed by atoms with Crippen LogP contribution in [0.3, 0.4) is 0 Å². The average molecular weight is 319 g/mol. The van der Waals surface area contributed by atoms with Crippen molar-refractivity contribution in [3.8, 4) is 0 Å². The molecule has 0 bridgehead atoms. The van der Waals surface area contributed by atoms with Crippen LogP contribution >= 0.6 is 11.6 Å². The number of nitrogens with one attached hydrogen (secondary N) is 1. The molecule has 0 spiro atoms. The summed E-state index contributed by atoms with van der Waals surface area (Å²) in [6.45, 7) is 1.58. The Morgan fingerprint density at radius 2 is 2.18 bits per heavy atom. The van der Waals surface area contributed by atoms with E-state index in [0.717, 1.165) is 5.56 Å². The van der Waals surface area contributed by atoms with Gasteiger partial charge in [-0.3, -0.25) is 14.3 Å². The second-order valence-corrected chi connectivity index (χ2v) is 5.50. The standard InChI is InChI=1S/C15H15ClN4O2/c16-13-4-2-1-3-11(13)8-20-9-12(7-18-20)15(22)19-6-5-17-14(21)10-19/h1-4,7,9H,5-6,8,10H2,(H,17,21). The lowest BCUT2D eigenvalue weighted by Crippen LogP contribution is -2.49. The second-order valence-electron chi connectivity index (χ2n) is 5.09. The normalized spacial score (nSPS) is 14.8. The highest BCUT2D eigenvalue weighted by Gasteiger charge is 2.23. The molecule has 0 radical (unpaired) electrons. The molecule has 0 unspecified atom stereocenters. The molecule has 1 aliphatic rings. The van der Waals surface area contributed by atoms with Gasteiger partial charge in [0, 0.05) is 24.3 Å². The fourth-order valence-corrected chi connectivity index (χ4v) is 2.55. The maximum absolute atomic E-state index is 12.3. The number of rotatable bonds is 3. The Bertz CT molecular complexity index is 713. The highest BCUT2D eigenvalue weighted by Crippen LogP contribution is 2.16. The van der Waals surface area contributed by atoms with Gasteiger partial charge in [-0.05, 0) is 11.6 Å². The van der Waals surface area contributed by atoms with Crippen molar-refractivity contribution in [3.05, 3.63) is 52.8 Å². The Labute approximate surface area is 132 Å². The number of hydrogen-bond acceptors (Lipinski definition) is 3. The summed E-state index contributed by atoms with van der Waals surface area (Å²) in [6.07, 6.45) is 3.20. The van der Waals surface area contributed by atoms with Gasteiger partial charge in [0.2, 0.25) is 5.91 Å². The van der Waals surface area contributed by atoms with Crippen LogP contribution in [0.5, 0.6) is 0 Å².